The third kappa shape index (κ3) is 2.43. The second-order valence-corrected chi connectivity index (χ2v) is 5.58. The Labute approximate surface area is 110 Å². The number of rotatable bonds is 5. The molecule has 18 heavy (non-hydrogen) atoms. The van der Waals surface area contributed by atoms with Gasteiger partial charge in [-0.05, 0) is 17.9 Å². The molecule has 1 amide bonds. The van der Waals surface area contributed by atoms with Crippen LogP contribution < -0.4 is 0 Å². The SMILES string of the molecule is CCC[C@@H]1[C@H](C(C)C)C(=O)N1Cc1ccccc1. The lowest BCUT2D eigenvalue weighted by atomic mass is 9.77. The van der Waals surface area contributed by atoms with E-state index in [-0.39, 0.29) is 5.92 Å². The van der Waals surface area contributed by atoms with Crippen molar-refractivity contribution in [2.75, 3.05) is 0 Å². The molecule has 0 unspecified atom stereocenters. The van der Waals surface area contributed by atoms with Gasteiger partial charge in [0.1, 0.15) is 0 Å². The minimum absolute atomic E-state index is 0.244. The third-order valence-corrected chi connectivity index (χ3v) is 3.88. The van der Waals surface area contributed by atoms with Gasteiger partial charge in [0.25, 0.3) is 0 Å². The molecule has 2 atom stereocenters. The van der Waals surface area contributed by atoms with Gasteiger partial charge in [0.2, 0.25) is 5.91 Å². The Balaban J connectivity index is 2.06. The first-order chi connectivity index (χ1) is 8.65. The minimum Gasteiger partial charge on any atom is -0.334 e. The Bertz CT molecular complexity index is 399. The first-order valence-corrected chi connectivity index (χ1v) is 6.99. The largest absolute Gasteiger partial charge is 0.334 e. The van der Waals surface area contributed by atoms with Crippen LogP contribution in [0.25, 0.3) is 0 Å². The monoisotopic (exact) mass is 245 g/mol. The molecule has 2 rings (SSSR count). The summed E-state index contributed by atoms with van der Waals surface area (Å²) in [5.41, 5.74) is 1.23. The molecule has 0 aromatic heterocycles. The van der Waals surface area contributed by atoms with Gasteiger partial charge in [0, 0.05) is 12.6 Å². The number of amides is 1. The van der Waals surface area contributed by atoms with Crippen molar-refractivity contribution in [3.63, 3.8) is 0 Å². The van der Waals surface area contributed by atoms with Crippen LogP contribution in [-0.2, 0) is 11.3 Å². The van der Waals surface area contributed by atoms with Crippen molar-refractivity contribution in [3.05, 3.63) is 35.9 Å². The number of likely N-dealkylation sites (tertiary alicyclic amines) is 1. The van der Waals surface area contributed by atoms with Crippen LogP contribution in [0, 0.1) is 11.8 Å². The summed E-state index contributed by atoms with van der Waals surface area (Å²) in [4.78, 5) is 14.3. The Morgan fingerprint density at radius 2 is 1.89 bits per heavy atom. The van der Waals surface area contributed by atoms with Gasteiger partial charge in [-0.25, -0.2) is 0 Å². The fraction of sp³-hybridized carbons (Fsp3) is 0.562. The second-order valence-electron chi connectivity index (χ2n) is 5.58. The molecule has 0 aliphatic carbocycles. The Kier molecular flexibility index (Phi) is 4.05. The predicted octanol–water partition coefficient (Wildman–Crippen LogP) is 3.47. The van der Waals surface area contributed by atoms with Gasteiger partial charge in [-0.1, -0.05) is 57.5 Å². The number of β-lactam (4-membered cyclic amide) rings is 1. The van der Waals surface area contributed by atoms with E-state index in [2.05, 4.69) is 37.8 Å². The maximum absolute atomic E-state index is 12.2. The van der Waals surface area contributed by atoms with Gasteiger partial charge in [0.05, 0.1) is 5.92 Å². The third-order valence-electron chi connectivity index (χ3n) is 3.88. The summed E-state index contributed by atoms with van der Waals surface area (Å²) < 4.78 is 0. The number of nitrogens with zero attached hydrogens (tertiary/aromatic N) is 1. The number of hydrogen-bond acceptors (Lipinski definition) is 1. The van der Waals surface area contributed by atoms with Crippen molar-refractivity contribution in [3.8, 4) is 0 Å². The zero-order valence-corrected chi connectivity index (χ0v) is 11.6. The fourth-order valence-electron chi connectivity index (χ4n) is 2.97. The summed E-state index contributed by atoms with van der Waals surface area (Å²) in [6.07, 6.45) is 2.27. The zero-order valence-electron chi connectivity index (χ0n) is 11.6. The lowest BCUT2D eigenvalue weighted by Gasteiger charge is -2.49. The van der Waals surface area contributed by atoms with E-state index in [0.717, 1.165) is 19.4 Å². The number of benzene rings is 1. The highest BCUT2D eigenvalue weighted by Crippen LogP contribution is 2.36. The number of carbonyl (C=O) groups is 1. The average Bonchev–Trinajstić information content (AvgIpc) is 2.36. The van der Waals surface area contributed by atoms with Gasteiger partial charge in [-0.15, -0.1) is 0 Å². The van der Waals surface area contributed by atoms with Gasteiger partial charge in [-0.2, -0.15) is 0 Å². The standard InChI is InChI=1S/C16H23NO/c1-4-8-14-15(12(2)3)16(18)17(14)11-13-9-6-5-7-10-13/h5-7,9-10,12,14-15H,4,8,11H2,1-3H3/t14-,15+/m1/s1. The van der Waals surface area contributed by atoms with E-state index in [9.17, 15) is 4.79 Å². The van der Waals surface area contributed by atoms with Crippen molar-refractivity contribution in [1.29, 1.82) is 0 Å². The smallest absolute Gasteiger partial charge is 0.228 e. The Morgan fingerprint density at radius 1 is 1.22 bits per heavy atom. The molecule has 1 saturated heterocycles. The predicted molar refractivity (Wildman–Crippen MR) is 74.0 cm³/mol. The molecule has 0 N–H and O–H groups in total. The van der Waals surface area contributed by atoms with E-state index in [1.54, 1.807) is 0 Å². The lowest BCUT2D eigenvalue weighted by Crippen LogP contribution is -2.61. The first-order valence-electron chi connectivity index (χ1n) is 6.99. The molecule has 0 spiro atoms. The van der Waals surface area contributed by atoms with Crippen LogP contribution in [0.4, 0.5) is 0 Å². The molecule has 0 bridgehead atoms. The van der Waals surface area contributed by atoms with Crippen LogP contribution in [0.5, 0.6) is 0 Å². The van der Waals surface area contributed by atoms with E-state index < -0.39 is 0 Å². The van der Waals surface area contributed by atoms with Crippen molar-refractivity contribution in [1.82, 2.24) is 4.90 Å². The normalized spacial score (nSPS) is 23.3. The molecule has 2 heteroatoms. The molecule has 98 valence electrons. The molecule has 1 heterocycles. The van der Waals surface area contributed by atoms with E-state index in [1.807, 2.05) is 18.2 Å². The first kappa shape index (κ1) is 13.1. The molecule has 1 aromatic carbocycles. The van der Waals surface area contributed by atoms with Crippen molar-refractivity contribution >= 4 is 5.91 Å². The Hall–Kier alpha value is -1.31. The second kappa shape index (κ2) is 5.55. The maximum atomic E-state index is 12.2. The van der Waals surface area contributed by atoms with Gasteiger partial charge < -0.3 is 4.90 Å². The van der Waals surface area contributed by atoms with Crippen LogP contribution in [0.2, 0.25) is 0 Å². The van der Waals surface area contributed by atoms with E-state index >= 15 is 0 Å². The highest BCUT2D eigenvalue weighted by atomic mass is 16.2. The average molecular weight is 245 g/mol. The molecular weight excluding hydrogens is 222 g/mol. The maximum Gasteiger partial charge on any atom is 0.228 e. The number of hydrogen-bond donors (Lipinski definition) is 0. The van der Waals surface area contributed by atoms with Crippen molar-refractivity contribution in [2.24, 2.45) is 11.8 Å². The van der Waals surface area contributed by atoms with Crippen LogP contribution in [0.15, 0.2) is 30.3 Å². The molecule has 1 aliphatic heterocycles. The molecule has 1 fully saturated rings. The molecule has 1 aromatic rings. The number of carbonyl (C=O) groups excluding carboxylic acids is 1. The summed E-state index contributed by atoms with van der Waals surface area (Å²) in [6, 6.07) is 10.7. The summed E-state index contributed by atoms with van der Waals surface area (Å²) in [7, 11) is 0. The van der Waals surface area contributed by atoms with Crippen LogP contribution >= 0.6 is 0 Å². The van der Waals surface area contributed by atoms with E-state index in [0.29, 0.717) is 17.9 Å². The molecular formula is C16H23NO. The Morgan fingerprint density at radius 3 is 2.44 bits per heavy atom. The van der Waals surface area contributed by atoms with Crippen LogP contribution in [-0.4, -0.2) is 16.8 Å². The highest BCUT2D eigenvalue weighted by molar-refractivity contribution is 5.86. The van der Waals surface area contributed by atoms with E-state index in [1.165, 1.54) is 5.56 Å². The minimum atomic E-state index is 0.244. The summed E-state index contributed by atoms with van der Waals surface area (Å²) in [5.74, 6) is 1.04. The lowest BCUT2D eigenvalue weighted by molar-refractivity contribution is -0.161. The quantitative estimate of drug-likeness (QED) is 0.727. The topological polar surface area (TPSA) is 20.3 Å². The van der Waals surface area contributed by atoms with E-state index in [4.69, 9.17) is 0 Å². The summed E-state index contributed by atoms with van der Waals surface area (Å²) in [5, 5.41) is 0. The molecule has 0 radical (unpaired) electrons. The van der Waals surface area contributed by atoms with Crippen molar-refractivity contribution < 1.29 is 4.79 Å². The highest BCUT2D eigenvalue weighted by Gasteiger charge is 2.47. The van der Waals surface area contributed by atoms with Crippen LogP contribution in [0.1, 0.15) is 39.2 Å². The molecule has 2 nitrogen and oxygen atoms in total. The summed E-state index contributed by atoms with van der Waals surface area (Å²) >= 11 is 0. The van der Waals surface area contributed by atoms with Gasteiger partial charge in [-0.3, -0.25) is 4.79 Å². The van der Waals surface area contributed by atoms with Gasteiger partial charge >= 0.3 is 0 Å². The van der Waals surface area contributed by atoms with Crippen molar-refractivity contribution in [2.45, 2.75) is 46.2 Å². The van der Waals surface area contributed by atoms with Gasteiger partial charge in [0.15, 0.2) is 0 Å². The van der Waals surface area contributed by atoms with Crippen LogP contribution in [0.3, 0.4) is 0 Å². The molecule has 0 saturated carbocycles. The molecule has 1 aliphatic rings. The zero-order chi connectivity index (χ0) is 13.1. The summed E-state index contributed by atoms with van der Waals surface area (Å²) in [6.45, 7) is 7.28. The fourth-order valence-corrected chi connectivity index (χ4v) is 2.97.